The molecule has 118 valence electrons. The van der Waals surface area contributed by atoms with Gasteiger partial charge >= 0.3 is 0 Å². The highest BCUT2D eigenvalue weighted by Gasteiger charge is 2.17. The van der Waals surface area contributed by atoms with E-state index in [0.717, 1.165) is 23.1 Å². The first-order valence-electron chi connectivity index (χ1n) is 7.36. The molecule has 0 aliphatic heterocycles. The molecule has 1 aromatic rings. The number of hydrogen-bond donors (Lipinski definition) is 0. The number of benzene rings is 1. The highest BCUT2D eigenvalue weighted by Crippen LogP contribution is 2.14. The molecule has 0 heterocycles. The maximum Gasteiger partial charge on any atom is 0.191 e. The Labute approximate surface area is 127 Å². The first-order chi connectivity index (χ1) is 10.1. The summed E-state index contributed by atoms with van der Waals surface area (Å²) in [5.41, 5.74) is 2.82. The molecule has 0 bridgehead atoms. The van der Waals surface area contributed by atoms with E-state index in [4.69, 9.17) is 14.2 Å². The van der Waals surface area contributed by atoms with E-state index in [9.17, 15) is 4.79 Å². The van der Waals surface area contributed by atoms with Crippen LogP contribution in [0.4, 0.5) is 0 Å². The smallest absolute Gasteiger partial charge is 0.191 e. The molecular formula is C17H26O4. The summed E-state index contributed by atoms with van der Waals surface area (Å²) in [5, 5.41) is 0. The normalized spacial score (nSPS) is 12.4. The van der Waals surface area contributed by atoms with Crippen molar-refractivity contribution < 1.29 is 19.0 Å². The van der Waals surface area contributed by atoms with Gasteiger partial charge in [-0.05, 0) is 38.8 Å². The summed E-state index contributed by atoms with van der Waals surface area (Å²) in [4.78, 5) is 12.4. The number of carbonyl (C=O) groups excluding carboxylic acids is 1. The zero-order chi connectivity index (χ0) is 15.7. The monoisotopic (exact) mass is 294 g/mol. The Bertz CT molecular complexity index is 442. The molecular weight excluding hydrogens is 268 g/mol. The molecule has 0 N–H and O–H groups in total. The third-order valence-corrected chi connectivity index (χ3v) is 3.26. The highest BCUT2D eigenvalue weighted by atomic mass is 16.5. The van der Waals surface area contributed by atoms with E-state index in [0.29, 0.717) is 26.4 Å². The van der Waals surface area contributed by atoms with Crippen LogP contribution in [0.1, 0.15) is 34.8 Å². The lowest BCUT2D eigenvalue weighted by Gasteiger charge is -2.14. The van der Waals surface area contributed by atoms with Crippen molar-refractivity contribution in [2.75, 3.05) is 33.5 Å². The zero-order valence-electron chi connectivity index (χ0n) is 13.5. The van der Waals surface area contributed by atoms with Crippen LogP contribution in [-0.2, 0) is 14.2 Å². The Hall–Kier alpha value is -1.23. The fraction of sp³-hybridized carbons (Fsp3) is 0.588. The molecule has 21 heavy (non-hydrogen) atoms. The SMILES string of the molecule is COCCOCCCOC(C)C(=O)c1cc(C)ccc1C. The number of methoxy groups -OCH3 is 1. The van der Waals surface area contributed by atoms with Crippen LogP contribution < -0.4 is 0 Å². The number of hydrogen-bond acceptors (Lipinski definition) is 4. The van der Waals surface area contributed by atoms with Crippen molar-refractivity contribution in [3.63, 3.8) is 0 Å². The summed E-state index contributed by atoms with van der Waals surface area (Å²) < 4.78 is 15.8. The maximum atomic E-state index is 12.4. The number of rotatable bonds is 10. The number of aryl methyl sites for hydroxylation is 2. The van der Waals surface area contributed by atoms with Crippen LogP contribution in [0.15, 0.2) is 18.2 Å². The Balaban J connectivity index is 2.33. The summed E-state index contributed by atoms with van der Waals surface area (Å²) in [6.45, 7) is 8.06. The molecule has 0 aromatic heterocycles. The third-order valence-electron chi connectivity index (χ3n) is 3.26. The van der Waals surface area contributed by atoms with Crippen LogP contribution >= 0.6 is 0 Å². The van der Waals surface area contributed by atoms with E-state index in [-0.39, 0.29) is 5.78 Å². The van der Waals surface area contributed by atoms with Crippen molar-refractivity contribution in [1.29, 1.82) is 0 Å². The number of ketones is 1. The minimum atomic E-state index is -0.426. The van der Waals surface area contributed by atoms with E-state index >= 15 is 0 Å². The standard InChI is InChI=1S/C17H26O4/c1-13-6-7-14(2)16(12-13)17(18)15(3)21-9-5-8-20-11-10-19-4/h6-7,12,15H,5,8-11H2,1-4H3. The van der Waals surface area contributed by atoms with E-state index in [1.165, 1.54) is 0 Å². The van der Waals surface area contributed by atoms with Crippen LogP contribution in [0.3, 0.4) is 0 Å². The number of carbonyl (C=O) groups is 1. The Kier molecular flexibility index (Phi) is 8.20. The van der Waals surface area contributed by atoms with Crippen LogP contribution in [0, 0.1) is 13.8 Å². The molecule has 1 aromatic carbocycles. The first kappa shape index (κ1) is 17.8. The molecule has 0 aliphatic rings. The maximum absolute atomic E-state index is 12.4. The average molecular weight is 294 g/mol. The fourth-order valence-electron chi connectivity index (χ4n) is 1.96. The molecule has 0 aliphatic carbocycles. The van der Waals surface area contributed by atoms with Crippen molar-refractivity contribution >= 4 is 5.78 Å². The second kappa shape index (κ2) is 9.66. The largest absolute Gasteiger partial charge is 0.382 e. The number of ether oxygens (including phenoxy) is 3. The summed E-state index contributed by atoms with van der Waals surface area (Å²) in [7, 11) is 1.65. The van der Waals surface area contributed by atoms with E-state index in [1.54, 1.807) is 14.0 Å². The fourth-order valence-corrected chi connectivity index (χ4v) is 1.96. The van der Waals surface area contributed by atoms with Crippen molar-refractivity contribution in [2.45, 2.75) is 33.3 Å². The molecule has 4 nitrogen and oxygen atoms in total. The second-order valence-corrected chi connectivity index (χ2v) is 5.15. The van der Waals surface area contributed by atoms with Gasteiger partial charge in [0.2, 0.25) is 0 Å². The first-order valence-corrected chi connectivity index (χ1v) is 7.36. The van der Waals surface area contributed by atoms with Crippen molar-refractivity contribution in [1.82, 2.24) is 0 Å². The van der Waals surface area contributed by atoms with Crippen molar-refractivity contribution in [2.24, 2.45) is 0 Å². The van der Waals surface area contributed by atoms with Gasteiger partial charge in [0, 0.05) is 25.9 Å². The van der Waals surface area contributed by atoms with Gasteiger partial charge in [-0.1, -0.05) is 17.7 Å². The molecule has 1 rings (SSSR count). The molecule has 4 heteroatoms. The van der Waals surface area contributed by atoms with E-state index < -0.39 is 6.10 Å². The molecule has 0 radical (unpaired) electrons. The van der Waals surface area contributed by atoms with Crippen LogP contribution in [0.2, 0.25) is 0 Å². The van der Waals surface area contributed by atoms with E-state index in [1.807, 2.05) is 32.0 Å². The molecule has 0 fully saturated rings. The van der Waals surface area contributed by atoms with Gasteiger partial charge in [-0.25, -0.2) is 0 Å². The minimum absolute atomic E-state index is 0.0384. The Morgan fingerprint density at radius 3 is 2.62 bits per heavy atom. The molecule has 0 saturated carbocycles. The lowest BCUT2D eigenvalue weighted by atomic mass is 9.99. The van der Waals surface area contributed by atoms with Gasteiger partial charge < -0.3 is 14.2 Å². The second-order valence-electron chi connectivity index (χ2n) is 5.15. The topological polar surface area (TPSA) is 44.8 Å². The van der Waals surface area contributed by atoms with Gasteiger partial charge in [-0.15, -0.1) is 0 Å². The predicted molar refractivity (Wildman–Crippen MR) is 83.0 cm³/mol. The quantitative estimate of drug-likeness (QED) is 0.491. The average Bonchev–Trinajstić information content (AvgIpc) is 2.48. The Morgan fingerprint density at radius 2 is 1.90 bits per heavy atom. The molecule has 0 amide bonds. The van der Waals surface area contributed by atoms with Crippen LogP contribution in [0.25, 0.3) is 0 Å². The minimum Gasteiger partial charge on any atom is -0.382 e. The molecule has 1 atom stereocenters. The lowest BCUT2D eigenvalue weighted by Crippen LogP contribution is -2.23. The molecule has 0 spiro atoms. The molecule has 0 saturated heterocycles. The van der Waals surface area contributed by atoms with Gasteiger partial charge in [-0.3, -0.25) is 4.79 Å². The lowest BCUT2D eigenvalue weighted by molar-refractivity contribution is 0.0285. The van der Waals surface area contributed by atoms with Crippen molar-refractivity contribution in [3.8, 4) is 0 Å². The van der Waals surface area contributed by atoms with Gasteiger partial charge in [0.1, 0.15) is 6.10 Å². The van der Waals surface area contributed by atoms with E-state index in [2.05, 4.69) is 0 Å². The van der Waals surface area contributed by atoms with Crippen LogP contribution in [0.5, 0.6) is 0 Å². The summed E-state index contributed by atoms with van der Waals surface area (Å²) >= 11 is 0. The van der Waals surface area contributed by atoms with Gasteiger partial charge in [0.15, 0.2) is 5.78 Å². The summed E-state index contributed by atoms with van der Waals surface area (Å²) in [5.74, 6) is 0.0384. The van der Waals surface area contributed by atoms with Gasteiger partial charge in [-0.2, -0.15) is 0 Å². The highest BCUT2D eigenvalue weighted by molar-refractivity contribution is 6.00. The predicted octanol–water partition coefficient (Wildman–Crippen LogP) is 2.94. The van der Waals surface area contributed by atoms with Gasteiger partial charge in [0.05, 0.1) is 13.2 Å². The van der Waals surface area contributed by atoms with Gasteiger partial charge in [0.25, 0.3) is 0 Å². The summed E-state index contributed by atoms with van der Waals surface area (Å²) in [6, 6.07) is 5.90. The third kappa shape index (κ3) is 6.38. The number of Topliss-reactive ketones (excluding diaryl/α,β-unsaturated/α-hetero) is 1. The zero-order valence-corrected chi connectivity index (χ0v) is 13.5. The summed E-state index contributed by atoms with van der Waals surface area (Å²) in [6.07, 6.45) is 0.346. The van der Waals surface area contributed by atoms with Crippen molar-refractivity contribution in [3.05, 3.63) is 34.9 Å². The van der Waals surface area contributed by atoms with Crippen LogP contribution in [-0.4, -0.2) is 45.4 Å². The molecule has 1 unspecified atom stereocenters. The Morgan fingerprint density at radius 1 is 1.14 bits per heavy atom.